The molecule has 0 unspecified atom stereocenters. The Balaban J connectivity index is 1.77. The molecule has 1 amide bonds. The van der Waals surface area contributed by atoms with Crippen molar-refractivity contribution in [2.24, 2.45) is 0 Å². The second kappa shape index (κ2) is 7.14. The summed E-state index contributed by atoms with van der Waals surface area (Å²) >= 11 is 6.15. The molecule has 0 atom stereocenters. The van der Waals surface area contributed by atoms with E-state index in [9.17, 15) is 9.90 Å². The topological polar surface area (TPSA) is 58.6 Å². The molecule has 116 valence electrons. The monoisotopic (exact) mass is 311 g/mol. The summed E-state index contributed by atoms with van der Waals surface area (Å²) in [7, 11) is 1.60. The summed E-state index contributed by atoms with van der Waals surface area (Å²) in [5.41, 5.74) is 0.180. The van der Waals surface area contributed by atoms with Crippen LogP contribution < -0.4 is 10.1 Å². The van der Waals surface area contributed by atoms with Gasteiger partial charge in [0.05, 0.1) is 19.1 Å². The Morgan fingerprint density at radius 2 is 2.14 bits per heavy atom. The number of halogens is 1. The minimum absolute atomic E-state index is 0.0935. The van der Waals surface area contributed by atoms with Crippen LogP contribution in [0.5, 0.6) is 5.75 Å². The Kier molecular flexibility index (Phi) is 5.48. The predicted octanol–water partition coefficient (Wildman–Crippen LogP) is 2.70. The molecule has 1 aliphatic carbocycles. The van der Waals surface area contributed by atoms with Gasteiger partial charge in [-0.1, -0.05) is 30.5 Å². The zero-order chi connectivity index (χ0) is 15.3. The van der Waals surface area contributed by atoms with Crippen LogP contribution in [0.2, 0.25) is 5.02 Å². The van der Waals surface area contributed by atoms with E-state index in [1.165, 1.54) is 0 Å². The largest absolute Gasteiger partial charge is 0.497 e. The summed E-state index contributed by atoms with van der Waals surface area (Å²) in [5, 5.41) is 13.7. The fourth-order valence-corrected chi connectivity index (χ4v) is 3.03. The summed E-state index contributed by atoms with van der Waals surface area (Å²) < 4.78 is 5.10. The van der Waals surface area contributed by atoms with Crippen molar-refractivity contribution in [3.8, 4) is 5.75 Å². The molecule has 4 nitrogen and oxygen atoms in total. The minimum Gasteiger partial charge on any atom is -0.497 e. The van der Waals surface area contributed by atoms with Crippen LogP contribution in [0.3, 0.4) is 0 Å². The average molecular weight is 312 g/mol. The summed E-state index contributed by atoms with van der Waals surface area (Å²) in [6, 6.07) is 5.52. The van der Waals surface area contributed by atoms with Crippen LogP contribution in [0.25, 0.3) is 0 Å². The predicted molar refractivity (Wildman–Crippen MR) is 82.8 cm³/mol. The van der Waals surface area contributed by atoms with Gasteiger partial charge >= 0.3 is 0 Å². The zero-order valence-corrected chi connectivity index (χ0v) is 13.1. The first kappa shape index (κ1) is 16.1. The van der Waals surface area contributed by atoms with Crippen molar-refractivity contribution < 1.29 is 14.6 Å². The van der Waals surface area contributed by atoms with E-state index < -0.39 is 5.60 Å². The molecule has 1 fully saturated rings. The molecule has 21 heavy (non-hydrogen) atoms. The van der Waals surface area contributed by atoms with Gasteiger partial charge in [-0.05, 0) is 37.0 Å². The van der Waals surface area contributed by atoms with Gasteiger partial charge in [0.25, 0.3) is 0 Å². The third-order valence-electron chi connectivity index (χ3n) is 4.00. The highest BCUT2D eigenvalue weighted by Gasteiger charge is 2.33. The molecule has 0 aromatic heterocycles. The summed E-state index contributed by atoms with van der Waals surface area (Å²) in [4.78, 5) is 11.9. The number of ether oxygens (including phenoxy) is 1. The number of rotatable bonds is 6. The quantitative estimate of drug-likeness (QED) is 0.849. The van der Waals surface area contributed by atoms with Crippen molar-refractivity contribution in [2.75, 3.05) is 13.7 Å². The Bertz CT molecular complexity index is 498. The van der Waals surface area contributed by atoms with Crippen LogP contribution in [-0.2, 0) is 11.2 Å². The van der Waals surface area contributed by atoms with Crippen molar-refractivity contribution in [3.63, 3.8) is 0 Å². The third kappa shape index (κ3) is 4.61. The molecule has 0 bridgehead atoms. The lowest BCUT2D eigenvalue weighted by Gasteiger charge is -2.21. The van der Waals surface area contributed by atoms with E-state index in [1.54, 1.807) is 13.2 Å². The lowest BCUT2D eigenvalue weighted by Crippen LogP contribution is -2.35. The van der Waals surface area contributed by atoms with Gasteiger partial charge in [0.1, 0.15) is 5.75 Å². The summed E-state index contributed by atoms with van der Waals surface area (Å²) in [5.74, 6) is 0.625. The average Bonchev–Trinajstić information content (AvgIpc) is 2.86. The van der Waals surface area contributed by atoms with Gasteiger partial charge in [-0.15, -0.1) is 0 Å². The highest BCUT2D eigenvalue weighted by Crippen LogP contribution is 2.32. The normalized spacial score (nSPS) is 16.7. The molecule has 0 aliphatic heterocycles. The number of carbonyl (C=O) groups excluding carboxylic acids is 1. The van der Waals surface area contributed by atoms with Crippen LogP contribution >= 0.6 is 11.6 Å². The van der Waals surface area contributed by atoms with Crippen molar-refractivity contribution >= 4 is 17.5 Å². The van der Waals surface area contributed by atoms with Crippen molar-refractivity contribution in [3.05, 3.63) is 28.8 Å². The van der Waals surface area contributed by atoms with Crippen LogP contribution in [0, 0.1) is 0 Å². The number of hydrogen-bond acceptors (Lipinski definition) is 3. The highest BCUT2D eigenvalue weighted by atomic mass is 35.5. The molecular weight excluding hydrogens is 290 g/mol. The molecule has 0 saturated heterocycles. The lowest BCUT2D eigenvalue weighted by atomic mass is 9.97. The lowest BCUT2D eigenvalue weighted by molar-refractivity contribution is -0.125. The second-order valence-electron chi connectivity index (χ2n) is 5.67. The molecule has 1 aliphatic rings. The highest BCUT2D eigenvalue weighted by molar-refractivity contribution is 6.31. The van der Waals surface area contributed by atoms with E-state index in [0.29, 0.717) is 18.0 Å². The summed E-state index contributed by atoms with van der Waals surface area (Å²) in [6.45, 7) is 0.515. The minimum atomic E-state index is -0.790. The first-order valence-electron chi connectivity index (χ1n) is 7.34. The standard InChI is InChI=1S/C16H22ClNO3/c1-21-13-5-4-12(14(17)10-13)6-9-18-15(19)11-16(20)7-2-3-8-16/h4-5,10,20H,2-3,6-9,11H2,1H3,(H,18,19). The maximum Gasteiger partial charge on any atom is 0.222 e. The fourth-order valence-electron chi connectivity index (χ4n) is 2.77. The molecule has 2 N–H and O–H groups in total. The third-order valence-corrected chi connectivity index (χ3v) is 4.35. The Labute approximate surface area is 130 Å². The van der Waals surface area contributed by atoms with Gasteiger partial charge in [-0.25, -0.2) is 0 Å². The van der Waals surface area contributed by atoms with Gasteiger partial charge in [-0.2, -0.15) is 0 Å². The Morgan fingerprint density at radius 3 is 2.76 bits per heavy atom. The van der Waals surface area contributed by atoms with Crippen LogP contribution in [0.15, 0.2) is 18.2 Å². The smallest absolute Gasteiger partial charge is 0.222 e. The van der Waals surface area contributed by atoms with E-state index in [4.69, 9.17) is 16.3 Å². The van der Waals surface area contributed by atoms with E-state index in [-0.39, 0.29) is 12.3 Å². The number of aliphatic hydroxyl groups is 1. The Hall–Kier alpha value is -1.26. The maximum atomic E-state index is 11.9. The number of benzene rings is 1. The number of carbonyl (C=O) groups is 1. The van der Waals surface area contributed by atoms with Gasteiger partial charge in [0.2, 0.25) is 5.91 Å². The molecule has 0 heterocycles. The SMILES string of the molecule is COc1ccc(CCNC(=O)CC2(O)CCCC2)c(Cl)c1. The molecule has 1 aromatic rings. The fraction of sp³-hybridized carbons (Fsp3) is 0.562. The van der Waals surface area contributed by atoms with Gasteiger partial charge in [-0.3, -0.25) is 4.79 Å². The molecular formula is C16H22ClNO3. The van der Waals surface area contributed by atoms with Gasteiger partial charge in [0.15, 0.2) is 0 Å². The zero-order valence-electron chi connectivity index (χ0n) is 12.3. The first-order chi connectivity index (χ1) is 10.0. The van der Waals surface area contributed by atoms with E-state index >= 15 is 0 Å². The van der Waals surface area contributed by atoms with Crippen LogP contribution in [0.4, 0.5) is 0 Å². The van der Waals surface area contributed by atoms with Crippen molar-refractivity contribution in [1.29, 1.82) is 0 Å². The van der Waals surface area contributed by atoms with E-state index in [2.05, 4.69) is 5.32 Å². The number of amides is 1. The molecule has 0 spiro atoms. The summed E-state index contributed by atoms with van der Waals surface area (Å²) in [6.07, 6.45) is 4.32. The molecule has 5 heteroatoms. The molecule has 2 rings (SSSR count). The van der Waals surface area contributed by atoms with Gasteiger partial charge in [0, 0.05) is 11.6 Å². The first-order valence-corrected chi connectivity index (χ1v) is 7.72. The molecule has 1 saturated carbocycles. The number of nitrogens with one attached hydrogen (secondary N) is 1. The van der Waals surface area contributed by atoms with Crippen molar-refractivity contribution in [2.45, 2.75) is 44.1 Å². The number of hydrogen-bond donors (Lipinski definition) is 2. The van der Waals surface area contributed by atoms with Crippen molar-refractivity contribution in [1.82, 2.24) is 5.32 Å². The van der Waals surface area contributed by atoms with Gasteiger partial charge < -0.3 is 15.2 Å². The maximum absolute atomic E-state index is 11.9. The molecule has 0 radical (unpaired) electrons. The second-order valence-corrected chi connectivity index (χ2v) is 6.07. The van der Waals surface area contributed by atoms with Crippen LogP contribution in [-0.4, -0.2) is 30.3 Å². The Morgan fingerprint density at radius 1 is 1.43 bits per heavy atom. The van der Waals surface area contributed by atoms with Crippen LogP contribution in [0.1, 0.15) is 37.7 Å². The van der Waals surface area contributed by atoms with E-state index in [1.807, 2.05) is 12.1 Å². The molecule has 1 aromatic carbocycles. The number of methoxy groups -OCH3 is 1. The van der Waals surface area contributed by atoms with E-state index in [0.717, 1.165) is 37.0 Å².